The molecule has 2 heterocycles. The summed E-state index contributed by atoms with van der Waals surface area (Å²) in [5.41, 5.74) is 1.72. The van der Waals surface area contributed by atoms with E-state index in [0.29, 0.717) is 11.9 Å². The summed E-state index contributed by atoms with van der Waals surface area (Å²) in [5, 5.41) is 3.39. The molecule has 0 bridgehead atoms. The molecular weight excluding hydrogens is 269 g/mol. The normalized spacial score (nSPS) is 18.5. The van der Waals surface area contributed by atoms with E-state index in [1.165, 1.54) is 18.6 Å². The lowest BCUT2D eigenvalue weighted by Crippen LogP contribution is -2.36. The molecule has 2 aromatic rings. The molecule has 0 saturated carbocycles. The van der Waals surface area contributed by atoms with E-state index in [1.54, 1.807) is 18.4 Å². The van der Waals surface area contributed by atoms with Crippen LogP contribution in [0.3, 0.4) is 0 Å². The van der Waals surface area contributed by atoms with Crippen LogP contribution >= 0.6 is 0 Å². The van der Waals surface area contributed by atoms with Gasteiger partial charge in [0.2, 0.25) is 5.89 Å². The van der Waals surface area contributed by atoms with Gasteiger partial charge in [-0.15, -0.1) is 0 Å². The fourth-order valence-corrected chi connectivity index (χ4v) is 2.76. The highest BCUT2D eigenvalue weighted by Crippen LogP contribution is 2.20. The van der Waals surface area contributed by atoms with E-state index < -0.39 is 0 Å². The lowest BCUT2D eigenvalue weighted by Gasteiger charge is -2.25. The molecule has 1 aromatic carbocycles. The monoisotopic (exact) mass is 289 g/mol. The van der Waals surface area contributed by atoms with Gasteiger partial charge in [0, 0.05) is 24.7 Å². The molecule has 5 heteroatoms. The molecule has 0 aliphatic carbocycles. The van der Waals surface area contributed by atoms with E-state index in [1.807, 2.05) is 0 Å². The summed E-state index contributed by atoms with van der Waals surface area (Å²) in [6.45, 7) is 6.06. The Hall–Kier alpha value is -1.72. The van der Waals surface area contributed by atoms with Gasteiger partial charge in [-0.1, -0.05) is 6.92 Å². The van der Waals surface area contributed by atoms with Crippen LogP contribution in [0.5, 0.6) is 0 Å². The fraction of sp³-hybridized carbons (Fsp3) is 0.438. The molecule has 21 heavy (non-hydrogen) atoms. The third kappa shape index (κ3) is 3.31. The summed E-state index contributed by atoms with van der Waals surface area (Å²) in [7, 11) is 0. The summed E-state index contributed by atoms with van der Waals surface area (Å²) in [6, 6.07) is 6.78. The van der Waals surface area contributed by atoms with E-state index in [-0.39, 0.29) is 5.82 Å². The van der Waals surface area contributed by atoms with Gasteiger partial charge in [0.05, 0.1) is 5.69 Å². The molecule has 112 valence electrons. The third-order valence-corrected chi connectivity index (χ3v) is 3.96. The van der Waals surface area contributed by atoms with Crippen molar-refractivity contribution in [1.82, 2.24) is 15.2 Å². The first-order valence-corrected chi connectivity index (χ1v) is 7.41. The maximum atomic E-state index is 12.9. The predicted octanol–water partition coefficient (Wildman–Crippen LogP) is 2.66. The van der Waals surface area contributed by atoms with Crippen molar-refractivity contribution in [1.29, 1.82) is 0 Å². The Kier molecular flexibility index (Phi) is 4.31. The Balaban J connectivity index is 1.70. The molecular formula is C16H20FN3O. The van der Waals surface area contributed by atoms with E-state index in [0.717, 1.165) is 37.4 Å². The summed E-state index contributed by atoms with van der Waals surface area (Å²) >= 11 is 0. The first kappa shape index (κ1) is 14.2. The number of halogens is 1. The Morgan fingerprint density at radius 1 is 1.38 bits per heavy atom. The molecule has 3 rings (SSSR count). The molecule has 1 unspecified atom stereocenters. The summed E-state index contributed by atoms with van der Waals surface area (Å²) < 4.78 is 18.5. The van der Waals surface area contributed by atoms with Gasteiger partial charge in [-0.3, -0.25) is 4.90 Å². The molecule has 1 N–H and O–H groups in total. The maximum absolute atomic E-state index is 12.9. The molecule has 0 amide bonds. The molecule has 0 spiro atoms. The predicted molar refractivity (Wildman–Crippen MR) is 79.3 cm³/mol. The topological polar surface area (TPSA) is 41.3 Å². The number of benzene rings is 1. The van der Waals surface area contributed by atoms with Gasteiger partial charge in [-0.25, -0.2) is 9.37 Å². The Morgan fingerprint density at radius 3 is 2.86 bits per heavy atom. The Bertz CT molecular complexity index is 575. The maximum Gasteiger partial charge on any atom is 0.226 e. The van der Waals surface area contributed by atoms with Crippen LogP contribution in [0.25, 0.3) is 11.5 Å². The van der Waals surface area contributed by atoms with Crippen molar-refractivity contribution in [2.24, 2.45) is 0 Å². The number of rotatable bonds is 5. The number of oxazole rings is 1. The van der Waals surface area contributed by atoms with Crippen molar-refractivity contribution >= 4 is 0 Å². The van der Waals surface area contributed by atoms with Crippen LogP contribution in [0.2, 0.25) is 0 Å². The molecule has 1 atom stereocenters. The van der Waals surface area contributed by atoms with Crippen LogP contribution < -0.4 is 5.32 Å². The number of likely N-dealkylation sites (N-methyl/N-ethyl adjacent to an activating group) is 1. The molecule has 1 saturated heterocycles. The van der Waals surface area contributed by atoms with Gasteiger partial charge >= 0.3 is 0 Å². The first-order chi connectivity index (χ1) is 10.3. The average Bonchev–Trinajstić information content (AvgIpc) is 3.17. The molecule has 1 aliphatic rings. The van der Waals surface area contributed by atoms with E-state index in [2.05, 4.69) is 22.1 Å². The SMILES string of the molecule is CCN(Cc1coc(-c2ccc(F)cc2)n1)C1CCNC1. The van der Waals surface area contributed by atoms with E-state index in [9.17, 15) is 4.39 Å². The van der Waals surface area contributed by atoms with Crippen molar-refractivity contribution < 1.29 is 8.81 Å². The minimum atomic E-state index is -0.253. The van der Waals surface area contributed by atoms with Crippen LogP contribution in [0.4, 0.5) is 4.39 Å². The number of hydrogen-bond acceptors (Lipinski definition) is 4. The quantitative estimate of drug-likeness (QED) is 0.919. The van der Waals surface area contributed by atoms with Gasteiger partial charge in [-0.2, -0.15) is 0 Å². The van der Waals surface area contributed by atoms with Crippen LogP contribution in [0.15, 0.2) is 34.9 Å². The standard InChI is InChI=1S/C16H20FN3O/c1-2-20(15-7-8-18-9-15)10-14-11-21-16(19-14)12-3-5-13(17)6-4-12/h3-6,11,15,18H,2,7-10H2,1H3. The van der Waals surface area contributed by atoms with Crippen LogP contribution in [0, 0.1) is 5.82 Å². The van der Waals surface area contributed by atoms with Crippen LogP contribution in [0.1, 0.15) is 19.0 Å². The van der Waals surface area contributed by atoms with Crippen molar-refractivity contribution in [2.75, 3.05) is 19.6 Å². The molecule has 1 fully saturated rings. The number of aromatic nitrogens is 1. The second-order valence-electron chi connectivity index (χ2n) is 5.36. The van der Waals surface area contributed by atoms with Crippen LogP contribution in [-0.4, -0.2) is 35.6 Å². The molecule has 0 radical (unpaired) electrons. The van der Waals surface area contributed by atoms with Crippen molar-refractivity contribution in [3.05, 3.63) is 42.0 Å². The zero-order valence-electron chi connectivity index (χ0n) is 12.2. The van der Waals surface area contributed by atoms with Crippen molar-refractivity contribution in [3.63, 3.8) is 0 Å². The largest absolute Gasteiger partial charge is 0.444 e. The Labute approximate surface area is 124 Å². The average molecular weight is 289 g/mol. The van der Waals surface area contributed by atoms with Crippen molar-refractivity contribution in [2.45, 2.75) is 25.9 Å². The smallest absolute Gasteiger partial charge is 0.226 e. The number of hydrogen-bond donors (Lipinski definition) is 1. The van der Waals surface area contributed by atoms with E-state index in [4.69, 9.17) is 4.42 Å². The highest BCUT2D eigenvalue weighted by atomic mass is 19.1. The zero-order valence-corrected chi connectivity index (χ0v) is 12.2. The highest BCUT2D eigenvalue weighted by molar-refractivity contribution is 5.52. The van der Waals surface area contributed by atoms with Gasteiger partial charge in [0.1, 0.15) is 12.1 Å². The lowest BCUT2D eigenvalue weighted by molar-refractivity contribution is 0.208. The first-order valence-electron chi connectivity index (χ1n) is 7.41. The minimum Gasteiger partial charge on any atom is -0.444 e. The summed E-state index contributed by atoms with van der Waals surface area (Å²) in [6.07, 6.45) is 2.88. The third-order valence-electron chi connectivity index (χ3n) is 3.96. The van der Waals surface area contributed by atoms with Crippen LogP contribution in [-0.2, 0) is 6.54 Å². The van der Waals surface area contributed by atoms with Gasteiger partial charge in [0.25, 0.3) is 0 Å². The molecule has 1 aromatic heterocycles. The minimum absolute atomic E-state index is 0.253. The van der Waals surface area contributed by atoms with Crippen molar-refractivity contribution in [3.8, 4) is 11.5 Å². The second kappa shape index (κ2) is 6.37. The van der Waals surface area contributed by atoms with Gasteiger partial charge in [-0.05, 0) is 43.8 Å². The molecule has 1 aliphatic heterocycles. The summed E-state index contributed by atoms with van der Waals surface area (Å²) in [4.78, 5) is 6.93. The highest BCUT2D eigenvalue weighted by Gasteiger charge is 2.22. The molecule has 4 nitrogen and oxygen atoms in total. The second-order valence-corrected chi connectivity index (χ2v) is 5.36. The number of nitrogens with zero attached hydrogens (tertiary/aromatic N) is 2. The Morgan fingerprint density at radius 2 is 2.19 bits per heavy atom. The number of nitrogens with one attached hydrogen (secondary N) is 1. The zero-order chi connectivity index (χ0) is 14.7. The lowest BCUT2D eigenvalue weighted by atomic mass is 10.2. The van der Waals surface area contributed by atoms with Gasteiger partial charge < -0.3 is 9.73 Å². The van der Waals surface area contributed by atoms with Gasteiger partial charge in [0.15, 0.2) is 0 Å². The van der Waals surface area contributed by atoms with E-state index >= 15 is 0 Å². The summed E-state index contributed by atoms with van der Waals surface area (Å²) in [5.74, 6) is 0.294. The fourth-order valence-electron chi connectivity index (χ4n) is 2.76.